The molecule has 1 spiro atoms. The number of halogens is 1. The van der Waals surface area contributed by atoms with E-state index in [1.54, 1.807) is 17.1 Å². The quantitative estimate of drug-likeness (QED) is 0.592. The van der Waals surface area contributed by atoms with E-state index in [2.05, 4.69) is 5.10 Å². The lowest BCUT2D eigenvalue weighted by molar-refractivity contribution is -0.135. The third-order valence-corrected chi connectivity index (χ3v) is 7.79. The molecule has 0 unspecified atom stereocenters. The molecule has 2 aliphatic rings. The first-order chi connectivity index (χ1) is 14.9. The van der Waals surface area contributed by atoms with Gasteiger partial charge in [0.15, 0.2) is 0 Å². The highest BCUT2D eigenvalue weighted by atomic mass is 35.5. The van der Waals surface area contributed by atoms with Crippen molar-refractivity contribution in [1.29, 1.82) is 0 Å². The number of esters is 2. The molecular weight excluding hydrogens is 458 g/mol. The standard InChI is InChI=1S/C21H18ClN3O4S2/c1-13-17(19(26)28-2)30-21(24(13)15-7-5-4-6-8-15)25(16-11-9-14(22)10-12-16)23-18(31-21)20(27)29-3/h4-12H,1-3H3/t21-/m0/s1. The van der Waals surface area contributed by atoms with Crippen LogP contribution in [0.3, 0.4) is 0 Å². The Morgan fingerprint density at radius 3 is 2.19 bits per heavy atom. The fourth-order valence-electron chi connectivity index (χ4n) is 3.30. The van der Waals surface area contributed by atoms with E-state index in [1.807, 2.05) is 54.3 Å². The number of allylic oxidation sites excluding steroid dienone is 1. The summed E-state index contributed by atoms with van der Waals surface area (Å²) in [6.07, 6.45) is 0. The van der Waals surface area contributed by atoms with E-state index in [0.29, 0.717) is 21.3 Å². The van der Waals surface area contributed by atoms with E-state index in [9.17, 15) is 9.59 Å². The summed E-state index contributed by atoms with van der Waals surface area (Å²) in [6.45, 7) is 1.84. The number of methoxy groups -OCH3 is 2. The summed E-state index contributed by atoms with van der Waals surface area (Å²) in [5.74, 6) is -1.01. The van der Waals surface area contributed by atoms with Crippen molar-refractivity contribution in [2.45, 2.75) is 11.3 Å². The first kappa shape index (κ1) is 21.6. The second kappa shape index (κ2) is 8.49. The molecule has 0 saturated carbocycles. The fourth-order valence-corrected chi connectivity index (χ4v) is 6.43. The molecule has 1 atom stereocenters. The smallest absolute Gasteiger partial charge is 0.365 e. The van der Waals surface area contributed by atoms with Gasteiger partial charge in [0.2, 0.25) is 9.37 Å². The summed E-state index contributed by atoms with van der Waals surface area (Å²) in [5, 5.41) is 7.03. The molecule has 7 nitrogen and oxygen atoms in total. The average molecular weight is 476 g/mol. The van der Waals surface area contributed by atoms with E-state index in [1.165, 1.54) is 37.7 Å². The minimum Gasteiger partial charge on any atom is -0.465 e. The lowest BCUT2D eigenvalue weighted by Crippen LogP contribution is -2.49. The number of nitrogens with zero attached hydrogens (tertiary/aromatic N) is 3. The van der Waals surface area contributed by atoms with Crippen LogP contribution in [0.5, 0.6) is 0 Å². The van der Waals surface area contributed by atoms with E-state index < -0.39 is 16.3 Å². The maximum atomic E-state index is 12.6. The molecule has 0 radical (unpaired) electrons. The third kappa shape index (κ3) is 3.66. The summed E-state index contributed by atoms with van der Waals surface area (Å²) >= 11 is 8.56. The number of ether oxygens (including phenoxy) is 2. The van der Waals surface area contributed by atoms with Gasteiger partial charge in [-0.3, -0.25) is 0 Å². The van der Waals surface area contributed by atoms with Crippen LogP contribution >= 0.6 is 35.1 Å². The van der Waals surface area contributed by atoms with E-state index in [0.717, 1.165) is 5.69 Å². The number of hydrogen-bond acceptors (Lipinski definition) is 9. The largest absolute Gasteiger partial charge is 0.465 e. The van der Waals surface area contributed by atoms with Gasteiger partial charge in [-0.15, -0.1) is 0 Å². The molecule has 0 saturated heterocycles. The van der Waals surface area contributed by atoms with Crippen LogP contribution in [-0.4, -0.2) is 35.5 Å². The monoisotopic (exact) mass is 475 g/mol. The van der Waals surface area contributed by atoms with Crippen molar-refractivity contribution in [3.63, 3.8) is 0 Å². The number of hydrazone groups is 1. The molecule has 31 heavy (non-hydrogen) atoms. The van der Waals surface area contributed by atoms with Gasteiger partial charge in [-0.1, -0.05) is 41.6 Å². The molecule has 0 N–H and O–H groups in total. The summed E-state index contributed by atoms with van der Waals surface area (Å²) in [4.78, 5) is 27.4. The SMILES string of the molecule is COC(=O)C1=NN(c2ccc(Cl)cc2)[C@]2(S1)SC(C(=O)OC)=C(C)N2c1ccccc1. The molecule has 0 bridgehead atoms. The molecule has 0 fully saturated rings. The molecule has 160 valence electrons. The van der Waals surface area contributed by atoms with Crippen LogP contribution < -0.4 is 9.91 Å². The Balaban J connectivity index is 1.91. The minimum absolute atomic E-state index is 0.171. The van der Waals surface area contributed by atoms with E-state index in [-0.39, 0.29) is 5.04 Å². The van der Waals surface area contributed by atoms with Gasteiger partial charge in [0.25, 0.3) is 0 Å². The van der Waals surface area contributed by atoms with Gasteiger partial charge in [-0.25, -0.2) is 14.6 Å². The van der Waals surface area contributed by atoms with Crippen LogP contribution in [0.15, 0.2) is 70.3 Å². The fraction of sp³-hybridized carbons (Fsp3) is 0.190. The van der Waals surface area contributed by atoms with Gasteiger partial charge in [-0.2, -0.15) is 5.10 Å². The topological polar surface area (TPSA) is 71.4 Å². The van der Waals surface area contributed by atoms with Crippen LogP contribution in [0.1, 0.15) is 6.92 Å². The lowest BCUT2D eigenvalue weighted by atomic mass is 10.2. The highest BCUT2D eigenvalue weighted by Crippen LogP contribution is 2.60. The second-order valence-corrected chi connectivity index (χ2v) is 9.55. The Kier molecular flexibility index (Phi) is 5.92. The molecule has 4 rings (SSSR count). The van der Waals surface area contributed by atoms with Gasteiger partial charge < -0.3 is 14.4 Å². The maximum absolute atomic E-state index is 12.6. The van der Waals surface area contributed by atoms with E-state index >= 15 is 0 Å². The third-order valence-electron chi connectivity index (χ3n) is 4.69. The van der Waals surface area contributed by atoms with Crippen molar-refractivity contribution in [3.8, 4) is 0 Å². The van der Waals surface area contributed by atoms with Gasteiger partial charge >= 0.3 is 11.9 Å². The number of carbonyl (C=O) groups is 2. The zero-order chi connectivity index (χ0) is 22.2. The minimum atomic E-state index is -1.02. The predicted octanol–water partition coefficient (Wildman–Crippen LogP) is 4.65. The van der Waals surface area contributed by atoms with Gasteiger partial charge in [0.05, 0.1) is 19.9 Å². The number of benzene rings is 2. The number of carbonyl (C=O) groups excluding carboxylic acids is 2. The van der Waals surface area contributed by atoms with Crippen molar-refractivity contribution in [3.05, 3.63) is 70.2 Å². The highest BCUT2D eigenvalue weighted by molar-refractivity contribution is 8.29. The molecule has 2 aromatic rings. The Bertz CT molecular complexity index is 1090. The van der Waals surface area contributed by atoms with Crippen LogP contribution in [0.2, 0.25) is 5.02 Å². The zero-order valence-electron chi connectivity index (χ0n) is 16.9. The number of hydrogen-bond donors (Lipinski definition) is 0. The van der Waals surface area contributed by atoms with Crippen LogP contribution in [0, 0.1) is 0 Å². The van der Waals surface area contributed by atoms with Crippen LogP contribution in [0.25, 0.3) is 0 Å². The summed E-state index contributed by atoms with van der Waals surface area (Å²) in [6, 6.07) is 16.7. The summed E-state index contributed by atoms with van der Waals surface area (Å²) in [7, 11) is 2.65. The Morgan fingerprint density at radius 2 is 1.58 bits per heavy atom. The van der Waals surface area contributed by atoms with E-state index in [4.69, 9.17) is 21.1 Å². The number of rotatable bonds is 4. The molecule has 10 heteroatoms. The van der Waals surface area contributed by atoms with Gasteiger partial charge in [0.1, 0.15) is 4.91 Å². The Morgan fingerprint density at radius 1 is 0.935 bits per heavy atom. The molecular formula is C21H18ClN3O4S2. The number of anilines is 2. The summed E-state index contributed by atoms with van der Waals surface area (Å²) < 4.78 is 8.94. The normalized spacial score (nSPS) is 20.3. The molecule has 0 aliphatic carbocycles. The van der Waals surface area contributed by atoms with Crippen molar-refractivity contribution < 1.29 is 19.1 Å². The summed E-state index contributed by atoms with van der Waals surface area (Å²) in [5.41, 5.74) is 2.22. The van der Waals surface area contributed by atoms with Crippen LogP contribution in [-0.2, 0) is 19.1 Å². The van der Waals surface area contributed by atoms with Crippen molar-refractivity contribution in [2.75, 3.05) is 24.1 Å². The predicted molar refractivity (Wildman–Crippen MR) is 125 cm³/mol. The first-order valence-electron chi connectivity index (χ1n) is 9.16. The number of thioether (sulfide) groups is 2. The molecule has 2 aromatic carbocycles. The van der Waals surface area contributed by atoms with Crippen molar-refractivity contribution >= 4 is 63.5 Å². The maximum Gasteiger partial charge on any atom is 0.365 e. The molecule has 0 aromatic heterocycles. The average Bonchev–Trinajstić information content (AvgIpc) is 3.31. The lowest BCUT2D eigenvalue weighted by Gasteiger charge is -2.41. The molecule has 2 aliphatic heterocycles. The molecule has 2 heterocycles. The van der Waals surface area contributed by atoms with Gasteiger partial charge in [-0.05, 0) is 55.1 Å². The highest BCUT2D eigenvalue weighted by Gasteiger charge is 2.58. The number of para-hydroxylation sites is 1. The van der Waals surface area contributed by atoms with Gasteiger partial charge in [0, 0.05) is 16.4 Å². The van der Waals surface area contributed by atoms with Crippen LogP contribution in [0.4, 0.5) is 11.4 Å². The second-order valence-electron chi connectivity index (χ2n) is 6.51. The molecule has 0 amide bonds. The van der Waals surface area contributed by atoms with Crippen molar-refractivity contribution in [1.82, 2.24) is 0 Å². The Labute approximate surface area is 193 Å². The zero-order valence-corrected chi connectivity index (χ0v) is 19.3. The Hall–Kier alpha value is -2.62. The van der Waals surface area contributed by atoms with Crippen molar-refractivity contribution in [2.24, 2.45) is 5.10 Å². The first-order valence-corrected chi connectivity index (χ1v) is 11.2.